The van der Waals surface area contributed by atoms with E-state index < -0.39 is 0 Å². The quantitative estimate of drug-likeness (QED) is 0.397. The molecule has 0 aliphatic heterocycles. The highest BCUT2D eigenvalue weighted by molar-refractivity contribution is 5.86. The minimum Gasteiger partial charge on any atom is -0.504 e. The lowest BCUT2D eigenvalue weighted by Crippen LogP contribution is -1.86. The van der Waals surface area contributed by atoms with Crippen molar-refractivity contribution in [2.45, 2.75) is 0 Å². The van der Waals surface area contributed by atoms with E-state index >= 15 is 0 Å². The van der Waals surface area contributed by atoms with Crippen molar-refractivity contribution in [2.75, 3.05) is 0 Å². The summed E-state index contributed by atoms with van der Waals surface area (Å²) >= 11 is 0. The van der Waals surface area contributed by atoms with Crippen LogP contribution in [0.5, 0.6) is 11.5 Å². The number of fused-ring (bicyclic) bond motifs is 1. The van der Waals surface area contributed by atoms with Gasteiger partial charge in [-0.25, -0.2) is 0 Å². The second-order valence-electron chi connectivity index (χ2n) is 2.42. The molecular weight excluding hydrogens is 160 g/mol. The number of hydrogen-bond acceptors (Lipinski definition) is 4. The molecule has 0 bridgehead atoms. The summed E-state index contributed by atoms with van der Waals surface area (Å²) < 4.78 is 0. The molecule has 0 unspecified atom stereocenters. The van der Waals surface area contributed by atoms with Crippen LogP contribution >= 0.6 is 0 Å². The zero-order valence-corrected chi connectivity index (χ0v) is 5.97. The van der Waals surface area contributed by atoms with Crippen LogP contribution in [0, 0.1) is 0 Å². The number of hydrogen-bond donors (Lipinski definition) is 3. The molecule has 0 amide bonds. The predicted octanol–water partition coefficient (Wildman–Crippen LogP) is 0.685. The van der Waals surface area contributed by atoms with Crippen LogP contribution < -0.4 is 0 Å². The van der Waals surface area contributed by atoms with Crippen molar-refractivity contribution in [3.63, 3.8) is 0 Å². The Morgan fingerprint density at radius 2 is 2.00 bits per heavy atom. The molecule has 5 nitrogen and oxygen atoms in total. The maximum atomic E-state index is 9.26. The van der Waals surface area contributed by atoms with Crippen LogP contribution in [-0.4, -0.2) is 25.4 Å². The van der Waals surface area contributed by atoms with Crippen molar-refractivity contribution in [1.82, 2.24) is 9.94 Å². The number of nitrogens with zero attached hydrogens (tertiary/aromatic N) is 2. The second-order valence-corrected chi connectivity index (χ2v) is 2.42. The Morgan fingerprint density at radius 3 is 2.75 bits per heavy atom. The van der Waals surface area contributed by atoms with E-state index in [1.165, 1.54) is 18.3 Å². The molecule has 5 heteroatoms. The van der Waals surface area contributed by atoms with Crippen LogP contribution in [0.1, 0.15) is 0 Å². The van der Waals surface area contributed by atoms with E-state index in [4.69, 9.17) is 10.3 Å². The Balaban J connectivity index is 2.89. The summed E-state index contributed by atoms with van der Waals surface area (Å²) in [6.45, 7) is 0. The first-order valence-corrected chi connectivity index (χ1v) is 3.28. The van der Waals surface area contributed by atoms with E-state index in [0.717, 1.165) is 0 Å². The van der Waals surface area contributed by atoms with E-state index in [1.807, 2.05) is 0 Å². The molecule has 0 aliphatic carbocycles. The normalized spacial score (nSPS) is 10.7. The molecule has 3 N–H and O–H groups in total. The summed E-state index contributed by atoms with van der Waals surface area (Å²) in [5, 5.41) is 31.1. The number of phenolic OH excluding ortho intramolecular Hbond substituents is 2. The van der Waals surface area contributed by atoms with Gasteiger partial charge < -0.3 is 15.4 Å². The maximum Gasteiger partial charge on any atom is 0.168 e. The standard InChI is InChI=1S/C7H6N2O3/c10-6-2-1-5-4(7(6)11)3-9(12)8-5/h1-3,10-12H. The van der Waals surface area contributed by atoms with Gasteiger partial charge in [-0.15, -0.1) is 9.94 Å². The smallest absolute Gasteiger partial charge is 0.168 e. The van der Waals surface area contributed by atoms with E-state index in [9.17, 15) is 5.11 Å². The topological polar surface area (TPSA) is 78.5 Å². The molecule has 0 radical (unpaired) electrons. The molecule has 1 aromatic heterocycles. The van der Waals surface area contributed by atoms with Gasteiger partial charge in [0.05, 0.1) is 17.1 Å². The largest absolute Gasteiger partial charge is 0.504 e. The molecule has 0 saturated heterocycles. The number of benzene rings is 1. The molecule has 1 heterocycles. The molecule has 0 aliphatic rings. The van der Waals surface area contributed by atoms with Crippen molar-refractivity contribution >= 4 is 10.9 Å². The fraction of sp³-hybridized carbons (Fsp3) is 0. The van der Waals surface area contributed by atoms with Gasteiger partial charge in [0.1, 0.15) is 0 Å². The number of aromatic hydroxyl groups is 2. The highest BCUT2D eigenvalue weighted by Crippen LogP contribution is 2.32. The summed E-state index contributed by atoms with van der Waals surface area (Å²) in [6, 6.07) is 2.81. The average Bonchev–Trinajstić information content (AvgIpc) is 2.39. The minimum absolute atomic E-state index is 0.226. The monoisotopic (exact) mass is 166 g/mol. The molecule has 2 aromatic rings. The first kappa shape index (κ1) is 6.78. The highest BCUT2D eigenvalue weighted by Gasteiger charge is 2.07. The van der Waals surface area contributed by atoms with Crippen LogP contribution in [-0.2, 0) is 0 Å². The predicted molar refractivity (Wildman–Crippen MR) is 40.2 cm³/mol. The van der Waals surface area contributed by atoms with E-state index in [2.05, 4.69) is 5.10 Å². The molecule has 62 valence electrons. The summed E-state index contributed by atoms with van der Waals surface area (Å²) in [5.74, 6) is -0.497. The van der Waals surface area contributed by atoms with Crippen LogP contribution in [0.25, 0.3) is 10.9 Å². The van der Waals surface area contributed by atoms with Gasteiger partial charge in [0.2, 0.25) is 0 Å². The average molecular weight is 166 g/mol. The number of rotatable bonds is 0. The zero-order valence-electron chi connectivity index (χ0n) is 5.97. The van der Waals surface area contributed by atoms with Crippen LogP contribution in [0.15, 0.2) is 18.3 Å². The molecule has 0 atom stereocenters. The van der Waals surface area contributed by atoms with Crippen LogP contribution in [0.2, 0.25) is 0 Å². The molecule has 2 rings (SSSR count). The lowest BCUT2D eigenvalue weighted by atomic mass is 10.2. The second kappa shape index (κ2) is 2.04. The van der Waals surface area contributed by atoms with Gasteiger partial charge in [-0.3, -0.25) is 0 Å². The highest BCUT2D eigenvalue weighted by atomic mass is 16.5. The third kappa shape index (κ3) is 0.763. The van der Waals surface area contributed by atoms with Crippen LogP contribution in [0.3, 0.4) is 0 Å². The first-order valence-electron chi connectivity index (χ1n) is 3.28. The van der Waals surface area contributed by atoms with Gasteiger partial charge in [-0.05, 0) is 12.1 Å². The molecule has 1 aromatic carbocycles. The molecule has 0 fully saturated rings. The summed E-state index contributed by atoms with van der Waals surface area (Å²) in [4.78, 5) is 0.587. The Hall–Kier alpha value is -1.91. The van der Waals surface area contributed by atoms with Gasteiger partial charge in [0.15, 0.2) is 11.5 Å². The van der Waals surface area contributed by atoms with Gasteiger partial charge in [0, 0.05) is 0 Å². The summed E-state index contributed by atoms with van der Waals surface area (Å²) in [6.07, 6.45) is 1.21. The maximum absolute atomic E-state index is 9.26. The van der Waals surface area contributed by atoms with Crippen molar-refractivity contribution in [3.05, 3.63) is 18.3 Å². The van der Waals surface area contributed by atoms with E-state index in [0.29, 0.717) is 15.7 Å². The Kier molecular flexibility index (Phi) is 1.15. The molecule has 0 saturated carbocycles. The van der Waals surface area contributed by atoms with E-state index in [1.54, 1.807) is 0 Å². The Morgan fingerprint density at radius 1 is 1.25 bits per heavy atom. The van der Waals surface area contributed by atoms with Crippen molar-refractivity contribution in [1.29, 1.82) is 0 Å². The minimum atomic E-state index is -0.271. The van der Waals surface area contributed by atoms with Crippen molar-refractivity contribution in [2.24, 2.45) is 0 Å². The SMILES string of the molecule is Oc1ccc2nn(O)cc2c1O. The number of aromatic nitrogens is 2. The van der Waals surface area contributed by atoms with Crippen LogP contribution in [0.4, 0.5) is 0 Å². The van der Waals surface area contributed by atoms with Crippen molar-refractivity contribution < 1.29 is 15.4 Å². The number of phenols is 2. The lowest BCUT2D eigenvalue weighted by molar-refractivity contribution is 0.151. The Bertz CT molecular complexity index is 435. The molecular formula is C7H6N2O3. The summed E-state index contributed by atoms with van der Waals surface area (Å²) in [7, 11) is 0. The molecule has 12 heavy (non-hydrogen) atoms. The van der Waals surface area contributed by atoms with Gasteiger partial charge in [0.25, 0.3) is 0 Å². The van der Waals surface area contributed by atoms with E-state index in [-0.39, 0.29) is 11.5 Å². The van der Waals surface area contributed by atoms with Crippen molar-refractivity contribution in [3.8, 4) is 11.5 Å². The summed E-state index contributed by atoms with van der Waals surface area (Å²) in [5.41, 5.74) is 0.424. The first-order chi connectivity index (χ1) is 5.68. The third-order valence-corrected chi connectivity index (χ3v) is 1.63. The van der Waals surface area contributed by atoms with Gasteiger partial charge in [-0.2, -0.15) is 0 Å². The fourth-order valence-electron chi connectivity index (χ4n) is 1.06. The Labute approximate surface area is 67.1 Å². The zero-order chi connectivity index (χ0) is 8.72. The molecule has 0 spiro atoms. The van der Waals surface area contributed by atoms with Gasteiger partial charge >= 0.3 is 0 Å². The fourth-order valence-corrected chi connectivity index (χ4v) is 1.06. The van der Waals surface area contributed by atoms with Gasteiger partial charge in [-0.1, -0.05) is 0 Å². The lowest BCUT2D eigenvalue weighted by Gasteiger charge is -1.95. The third-order valence-electron chi connectivity index (χ3n) is 1.63.